The van der Waals surface area contributed by atoms with Gasteiger partial charge >= 0.3 is 0 Å². The van der Waals surface area contributed by atoms with Crippen LogP contribution >= 0.6 is 11.6 Å². The van der Waals surface area contributed by atoms with Gasteiger partial charge in [0.25, 0.3) is 5.91 Å². The van der Waals surface area contributed by atoms with Gasteiger partial charge in [-0.15, -0.1) is 0 Å². The molecule has 1 saturated heterocycles. The largest absolute Gasteiger partial charge is 0.368 e. The van der Waals surface area contributed by atoms with Crippen LogP contribution in [0.2, 0.25) is 5.02 Å². The molecule has 4 rings (SSSR count). The summed E-state index contributed by atoms with van der Waals surface area (Å²) in [6, 6.07) is 13.2. The topological polar surface area (TPSA) is 56.2 Å². The maximum absolute atomic E-state index is 13.1. The van der Waals surface area contributed by atoms with Gasteiger partial charge < -0.3 is 9.80 Å². The van der Waals surface area contributed by atoms with Gasteiger partial charge in [0.15, 0.2) is 0 Å². The van der Waals surface area contributed by atoms with Crippen LogP contribution in [0.4, 0.5) is 11.4 Å². The van der Waals surface area contributed by atoms with E-state index < -0.39 is 0 Å². The lowest BCUT2D eigenvalue weighted by atomic mass is 10.1. The minimum atomic E-state index is -0.117. The molecule has 1 fully saturated rings. The molecule has 0 saturated carbocycles. The van der Waals surface area contributed by atoms with Crippen LogP contribution in [0.25, 0.3) is 0 Å². The van der Waals surface area contributed by atoms with Crippen molar-refractivity contribution in [2.24, 2.45) is 5.10 Å². The standard InChI is InChI=1S/C23H25ClN4O2/c1-16-4-3-5-21(17(16)2)26-12-14-27(15-13-26)23(30)20-10-11-22(29)28(25-20)19-8-6-18(24)7-9-19/h3-9H,10-15H2,1-2H3. The molecule has 0 bridgehead atoms. The van der Waals surface area contributed by atoms with Crippen molar-refractivity contribution in [1.29, 1.82) is 0 Å². The molecule has 30 heavy (non-hydrogen) atoms. The van der Waals surface area contributed by atoms with E-state index in [2.05, 4.69) is 42.0 Å². The van der Waals surface area contributed by atoms with Crippen molar-refractivity contribution in [2.75, 3.05) is 36.1 Å². The smallest absolute Gasteiger partial charge is 0.270 e. The van der Waals surface area contributed by atoms with Gasteiger partial charge in [-0.05, 0) is 55.3 Å². The Morgan fingerprint density at radius 1 is 0.967 bits per heavy atom. The van der Waals surface area contributed by atoms with E-state index in [0.717, 1.165) is 13.1 Å². The van der Waals surface area contributed by atoms with E-state index in [-0.39, 0.29) is 18.2 Å². The number of hydrazone groups is 1. The highest BCUT2D eigenvalue weighted by Gasteiger charge is 2.30. The molecule has 2 aromatic carbocycles. The van der Waals surface area contributed by atoms with Gasteiger partial charge in [0.1, 0.15) is 5.71 Å². The molecular formula is C23H25ClN4O2. The number of aryl methyl sites for hydroxylation is 1. The monoisotopic (exact) mass is 424 g/mol. The highest BCUT2D eigenvalue weighted by molar-refractivity contribution is 6.40. The Morgan fingerprint density at radius 2 is 1.67 bits per heavy atom. The van der Waals surface area contributed by atoms with E-state index in [0.29, 0.717) is 35.9 Å². The second-order valence-electron chi connectivity index (χ2n) is 7.73. The van der Waals surface area contributed by atoms with E-state index in [1.165, 1.54) is 21.8 Å². The van der Waals surface area contributed by atoms with Gasteiger partial charge in [0.2, 0.25) is 5.91 Å². The number of piperazine rings is 1. The average molecular weight is 425 g/mol. The first-order valence-electron chi connectivity index (χ1n) is 10.2. The summed E-state index contributed by atoms with van der Waals surface area (Å²) in [5, 5.41) is 6.30. The number of halogens is 1. The Bertz CT molecular complexity index is 995. The number of carbonyl (C=O) groups excluding carboxylic acids is 2. The summed E-state index contributed by atoms with van der Waals surface area (Å²) in [7, 11) is 0. The molecule has 2 aromatic rings. The molecule has 0 atom stereocenters. The Labute approximate surface area is 181 Å². The molecule has 2 amide bonds. The third kappa shape index (κ3) is 4.05. The summed E-state index contributed by atoms with van der Waals surface area (Å²) in [6.07, 6.45) is 0.647. The van der Waals surface area contributed by atoms with Gasteiger partial charge in [0.05, 0.1) is 5.69 Å². The van der Waals surface area contributed by atoms with Crippen LogP contribution in [0, 0.1) is 13.8 Å². The van der Waals surface area contributed by atoms with Crippen LogP contribution in [0.15, 0.2) is 47.6 Å². The Balaban J connectivity index is 1.46. The Morgan fingerprint density at radius 3 is 2.37 bits per heavy atom. The highest BCUT2D eigenvalue weighted by Crippen LogP contribution is 2.25. The zero-order valence-corrected chi connectivity index (χ0v) is 18.0. The van der Waals surface area contributed by atoms with Gasteiger partial charge in [0, 0.05) is 49.7 Å². The molecule has 0 aromatic heterocycles. The fraction of sp³-hybridized carbons (Fsp3) is 0.348. The number of nitrogens with zero attached hydrogens (tertiary/aromatic N) is 4. The van der Waals surface area contributed by atoms with Crippen LogP contribution in [0.5, 0.6) is 0 Å². The van der Waals surface area contributed by atoms with Crippen LogP contribution in [0.1, 0.15) is 24.0 Å². The van der Waals surface area contributed by atoms with Crippen molar-refractivity contribution >= 4 is 40.5 Å². The molecule has 156 valence electrons. The molecule has 7 heteroatoms. The summed E-state index contributed by atoms with van der Waals surface area (Å²) in [5.74, 6) is -0.198. The third-order valence-electron chi connectivity index (χ3n) is 5.83. The van der Waals surface area contributed by atoms with E-state index in [1.54, 1.807) is 24.3 Å². The summed E-state index contributed by atoms with van der Waals surface area (Å²) in [5.41, 5.74) is 4.84. The maximum atomic E-state index is 13.1. The molecule has 0 aliphatic carbocycles. The van der Waals surface area contributed by atoms with Crippen molar-refractivity contribution in [3.8, 4) is 0 Å². The first-order chi connectivity index (χ1) is 14.4. The predicted molar refractivity (Wildman–Crippen MR) is 120 cm³/mol. The quantitative estimate of drug-likeness (QED) is 0.753. The SMILES string of the molecule is Cc1cccc(N2CCN(C(=O)C3=NN(c4ccc(Cl)cc4)C(=O)CC3)CC2)c1C. The highest BCUT2D eigenvalue weighted by atomic mass is 35.5. The van der Waals surface area contributed by atoms with E-state index in [1.807, 2.05) is 4.90 Å². The third-order valence-corrected chi connectivity index (χ3v) is 6.09. The number of amides is 2. The van der Waals surface area contributed by atoms with E-state index in [9.17, 15) is 9.59 Å². The van der Waals surface area contributed by atoms with Crippen LogP contribution in [-0.2, 0) is 9.59 Å². The maximum Gasteiger partial charge on any atom is 0.270 e. The molecule has 0 radical (unpaired) electrons. The van der Waals surface area contributed by atoms with Crippen LogP contribution < -0.4 is 9.91 Å². The number of anilines is 2. The number of rotatable bonds is 3. The summed E-state index contributed by atoms with van der Waals surface area (Å²) in [6.45, 7) is 7.10. The average Bonchev–Trinajstić information content (AvgIpc) is 2.76. The second kappa shape index (κ2) is 8.48. The second-order valence-corrected chi connectivity index (χ2v) is 8.16. The number of benzene rings is 2. The summed E-state index contributed by atoms with van der Waals surface area (Å²) in [4.78, 5) is 29.6. The van der Waals surface area contributed by atoms with Crippen LogP contribution in [-0.4, -0.2) is 48.6 Å². The first kappa shape index (κ1) is 20.4. The Kier molecular flexibility index (Phi) is 5.77. The molecule has 0 unspecified atom stereocenters. The zero-order valence-electron chi connectivity index (χ0n) is 17.3. The number of hydrogen-bond donors (Lipinski definition) is 0. The molecule has 6 nitrogen and oxygen atoms in total. The van der Waals surface area contributed by atoms with E-state index in [4.69, 9.17) is 11.6 Å². The van der Waals surface area contributed by atoms with Gasteiger partial charge in [-0.1, -0.05) is 23.7 Å². The zero-order chi connectivity index (χ0) is 21.3. The lowest BCUT2D eigenvalue weighted by Gasteiger charge is -2.37. The first-order valence-corrected chi connectivity index (χ1v) is 10.6. The Hall–Kier alpha value is -2.86. The summed E-state index contributed by atoms with van der Waals surface area (Å²) >= 11 is 5.94. The molecule has 0 spiro atoms. The van der Waals surface area contributed by atoms with Gasteiger partial charge in [-0.3, -0.25) is 9.59 Å². The van der Waals surface area contributed by atoms with Crippen molar-refractivity contribution in [3.63, 3.8) is 0 Å². The number of carbonyl (C=O) groups is 2. The lowest BCUT2D eigenvalue weighted by Crippen LogP contribution is -2.51. The molecule has 2 aliphatic rings. The molecule has 2 aliphatic heterocycles. The molecule has 2 heterocycles. The van der Waals surface area contributed by atoms with Crippen LogP contribution in [0.3, 0.4) is 0 Å². The van der Waals surface area contributed by atoms with Crippen molar-refractivity contribution in [3.05, 3.63) is 58.6 Å². The number of hydrogen-bond acceptors (Lipinski definition) is 4. The van der Waals surface area contributed by atoms with Gasteiger partial charge in [-0.25, -0.2) is 5.01 Å². The van der Waals surface area contributed by atoms with Crippen molar-refractivity contribution < 1.29 is 9.59 Å². The van der Waals surface area contributed by atoms with E-state index >= 15 is 0 Å². The minimum Gasteiger partial charge on any atom is -0.368 e. The fourth-order valence-electron chi connectivity index (χ4n) is 3.90. The summed E-state index contributed by atoms with van der Waals surface area (Å²) < 4.78 is 0. The molecule has 0 N–H and O–H groups in total. The minimum absolute atomic E-state index is 0.0814. The fourth-order valence-corrected chi connectivity index (χ4v) is 4.03. The molecular weight excluding hydrogens is 400 g/mol. The lowest BCUT2D eigenvalue weighted by molar-refractivity contribution is -0.124. The van der Waals surface area contributed by atoms with Gasteiger partial charge in [-0.2, -0.15) is 5.10 Å². The van der Waals surface area contributed by atoms with Crippen molar-refractivity contribution in [1.82, 2.24) is 4.90 Å². The predicted octanol–water partition coefficient (Wildman–Crippen LogP) is 3.79. The normalized spacial score (nSPS) is 17.2. The van der Waals surface area contributed by atoms with Crippen molar-refractivity contribution in [2.45, 2.75) is 26.7 Å².